The van der Waals surface area contributed by atoms with E-state index in [0.29, 0.717) is 6.61 Å². The van der Waals surface area contributed by atoms with Gasteiger partial charge in [-0.15, -0.1) is 0 Å². The molecule has 2 aromatic carbocycles. The standard InChI is InChI=1S/C22H24N2O5/c25-21(28-14-17-7-3-1-4-8-17)23-13-20-12-11-19(16-27-20)24-22(26)29-15-18-9-5-2-6-10-18/h1-12,19-20H,13-16H2,(H,23,25)(H,24,26)/t19-,20-/m1/s1. The van der Waals surface area contributed by atoms with Gasteiger partial charge in [0.1, 0.15) is 13.2 Å². The number of ether oxygens (including phenoxy) is 3. The molecule has 7 nitrogen and oxygen atoms in total. The van der Waals surface area contributed by atoms with E-state index in [2.05, 4.69) is 10.6 Å². The van der Waals surface area contributed by atoms with Crippen LogP contribution in [0.4, 0.5) is 9.59 Å². The van der Waals surface area contributed by atoms with Gasteiger partial charge in [0.25, 0.3) is 0 Å². The van der Waals surface area contributed by atoms with Gasteiger partial charge in [-0.25, -0.2) is 9.59 Å². The lowest BCUT2D eigenvalue weighted by Crippen LogP contribution is -2.42. The van der Waals surface area contributed by atoms with Crippen LogP contribution in [-0.4, -0.2) is 37.5 Å². The van der Waals surface area contributed by atoms with Crippen molar-refractivity contribution in [3.63, 3.8) is 0 Å². The first-order valence-electron chi connectivity index (χ1n) is 9.41. The van der Waals surface area contributed by atoms with Crippen LogP contribution in [0.25, 0.3) is 0 Å². The van der Waals surface area contributed by atoms with Crippen molar-refractivity contribution < 1.29 is 23.8 Å². The first kappa shape index (κ1) is 20.4. The minimum Gasteiger partial charge on any atom is -0.445 e. The molecule has 0 saturated heterocycles. The first-order valence-corrected chi connectivity index (χ1v) is 9.41. The summed E-state index contributed by atoms with van der Waals surface area (Å²) in [5, 5.41) is 5.40. The summed E-state index contributed by atoms with van der Waals surface area (Å²) >= 11 is 0. The molecule has 152 valence electrons. The van der Waals surface area contributed by atoms with Gasteiger partial charge in [0.15, 0.2) is 0 Å². The molecule has 0 saturated carbocycles. The molecular formula is C22H24N2O5. The smallest absolute Gasteiger partial charge is 0.408 e. The van der Waals surface area contributed by atoms with Gasteiger partial charge >= 0.3 is 12.2 Å². The van der Waals surface area contributed by atoms with E-state index >= 15 is 0 Å². The lowest BCUT2D eigenvalue weighted by atomic mass is 10.2. The van der Waals surface area contributed by atoms with Gasteiger partial charge in [0.2, 0.25) is 0 Å². The number of nitrogens with one attached hydrogen (secondary N) is 2. The Balaban J connectivity index is 1.31. The fourth-order valence-electron chi connectivity index (χ4n) is 2.69. The fraction of sp³-hybridized carbons (Fsp3) is 0.273. The maximum Gasteiger partial charge on any atom is 0.408 e. The number of hydrogen-bond donors (Lipinski definition) is 2. The minimum atomic E-state index is -0.506. The van der Waals surface area contributed by atoms with Crippen LogP contribution in [-0.2, 0) is 27.4 Å². The number of rotatable bonds is 7. The van der Waals surface area contributed by atoms with Gasteiger partial charge in [-0.3, -0.25) is 0 Å². The second-order valence-corrected chi connectivity index (χ2v) is 6.51. The molecule has 2 aromatic rings. The van der Waals surface area contributed by atoms with E-state index in [0.717, 1.165) is 11.1 Å². The lowest BCUT2D eigenvalue weighted by molar-refractivity contribution is 0.0591. The molecule has 1 aliphatic heterocycles. The van der Waals surface area contributed by atoms with Gasteiger partial charge < -0.3 is 24.8 Å². The minimum absolute atomic E-state index is 0.210. The largest absolute Gasteiger partial charge is 0.445 e. The number of carbonyl (C=O) groups is 2. The Morgan fingerprint density at radius 2 is 1.45 bits per heavy atom. The summed E-state index contributed by atoms with van der Waals surface area (Å²) < 4.78 is 16.0. The second kappa shape index (κ2) is 10.9. The molecule has 2 N–H and O–H groups in total. The van der Waals surface area contributed by atoms with Crippen molar-refractivity contribution in [3.8, 4) is 0 Å². The van der Waals surface area contributed by atoms with Crippen LogP contribution >= 0.6 is 0 Å². The van der Waals surface area contributed by atoms with Crippen LogP contribution in [0.2, 0.25) is 0 Å². The predicted molar refractivity (Wildman–Crippen MR) is 107 cm³/mol. The van der Waals surface area contributed by atoms with Crippen LogP contribution < -0.4 is 10.6 Å². The molecule has 0 fully saturated rings. The highest BCUT2D eigenvalue weighted by atomic mass is 16.6. The Hall–Kier alpha value is -3.32. The van der Waals surface area contributed by atoms with E-state index in [4.69, 9.17) is 14.2 Å². The van der Waals surface area contributed by atoms with Gasteiger partial charge in [0.05, 0.1) is 25.3 Å². The number of alkyl carbamates (subject to hydrolysis) is 2. The molecule has 0 aliphatic carbocycles. The average Bonchev–Trinajstić information content (AvgIpc) is 2.77. The van der Waals surface area contributed by atoms with Crippen molar-refractivity contribution in [1.82, 2.24) is 10.6 Å². The molecule has 29 heavy (non-hydrogen) atoms. The zero-order chi connectivity index (χ0) is 20.3. The first-order chi connectivity index (χ1) is 14.2. The van der Waals surface area contributed by atoms with Crippen molar-refractivity contribution in [1.29, 1.82) is 0 Å². The molecule has 1 aliphatic rings. The molecule has 2 amide bonds. The molecule has 0 aromatic heterocycles. The maximum atomic E-state index is 11.9. The van der Waals surface area contributed by atoms with Gasteiger partial charge in [0, 0.05) is 0 Å². The number of hydrogen-bond acceptors (Lipinski definition) is 5. The monoisotopic (exact) mass is 396 g/mol. The fourth-order valence-corrected chi connectivity index (χ4v) is 2.69. The van der Waals surface area contributed by atoms with Crippen LogP contribution in [0.5, 0.6) is 0 Å². The van der Waals surface area contributed by atoms with Crippen LogP contribution in [0.3, 0.4) is 0 Å². The Kier molecular flexibility index (Phi) is 7.65. The second-order valence-electron chi connectivity index (χ2n) is 6.51. The molecule has 0 unspecified atom stereocenters. The third-order valence-electron chi connectivity index (χ3n) is 4.22. The quantitative estimate of drug-likeness (QED) is 0.702. The van der Waals surface area contributed by atoms with Gasteiger partial charge in [-0.05, 0) is 11.1 Å². The highest BCUT2D eigenvalue weighted by Gasteiger charge is 2.19. The van der Waals surface area contributed by atoms with Gasteiger partial charge in [-0.2, -0.15) is 0 Å². The Bertz CT molecular complexity index is 810. The Labute approximate surface area is 169 Å². The van der Waals surface area contributed by atoms with E-state index < -0.39 is 12.2 Å². The summed E-state index contributed by atoms with van der Waals surface area (Å²) in [4.78, 5) is 23.6. The van der Waals surface area contributed by atoms with Crippen molar-refractivity contribution in [2.45, 2.75) is 25.4 Å². The van der Waals surface area contributed by atoms with Crippen molar-refractivity contribution in [2.75, 3.05) is 13.2 Å². The Morgan fingerprint density at radius 1 is 0.862 bits per heavy atom. The van der Waals surface area contributed by atoms with E-state index in [-0.39, 0.29) is 31.9 Å². The van der Waals surface area contributed by atoms with E-state index in [9.17, 15) is 9.59 Å². The predicted octanol–water partition coefficient (Wildman–Crippen LogP) is 3.16. The van der Waals surface area contributed by atoms with E-state index in [1.165, 1.54) is 0 Å². The van der Waals surface area contributed by atoms with Gasteiger partial charge in [-0.1, -0.05) is 72.8 Å². The molecule has 0 radical (unpaired) electrons. The SMILES string of the molecule is O=C(NC[C@H]1C=C[C@@H](NC(=O)OCc2ccccc2)CO1)OCc1ccccc1. The van der Waals surface area contributed by atoms with Crippen molar-refractivity contribution in [2.24, 2.45) is 0 Å². The number of amides is 2. The molecule has 0 bridgehead atoms. The van der Waals surface area contributed by atoms with Crippen LogP contribution in [0.1, 0.15) is 11.1 Å². The van der Waals surface area contributed by atoms with Crippen molar-refractivity contribution >= 4 is 12.2 Å². The summed E-state index contributed by atoms with van der Waals surface area (Å²) in [5.74, 6) is 0. The number of benzene rings is 2. The zero-order valence-corrected chi connectivity index (χ0v) is 16.0. The number of carbonyl (C=O) groups excluding carboxylic acids is 2. The van der Waals surface area contributed by atoms with Crippen molar-refractivity contribution in [3.05, 3.63) is 83.9 Å². The summed E-state index contributed by atoms with van der Waals surface area (Å²) in [6.45, 7) is 1.00. The molecule has 2 atom stereocenters. The third-order valence-corrected chi connectivity index (χ3v) is 4.22. The Morgan fingerprint density at radius 3 is 2.00 bits per heavy atom. The zero-order valence-electron chi connectivity index (χ0n) is 16.0. The topological polar surface area (TPSA) is 85.9 Å². The summed E-state index contributed by atoms with van der Waals surface area (Å²) in [6, 6.07) is 18.6. The normalized spacial score (nSPS) is 17.9. The van der Waals surface area contributed by atoms with Crippen LogP contribution in [0, 0.1) is 0 Å². The van der Waals surface area contributed by atoms with E-state index in [1.54, 1.807) is 6.08 Å². The summed E-state index contributed by atoms with van der Waals surface area (Å²) in [6.07, 6.45) is 2.33. The highest BCUT2D eigenvalue weighted by Crippen LogP contribution is 2.07. The molecule has 0 spiro atoms. The maximum absolute atomic E-state index is 11.9. The van der Waals surface area contributed by atoms with E-state index in [1.807, 2.05) is 66.7 Å². The molecule has 1 heterocycles. The molecule has 3 rings (SSSR count). The summed E-state index contributed by atoms with van der Waals surface area (Å²) in [7, 11) is 0. The average molecular weight is 396 g/mol. The summed E-state index contributed by atoms with van der Waals surface area (Å²) in [5.41, 5.74) is 1.84. The molecule has 7 heteroatoms. The third kappa shape index (κ3) is 7.31. The van der Waals surface area contributed by atoms with Crippen LogP contribution in [0.15, 0.2) is 72.8 Å². The highest BCUT2D eigenvalue weighted by molar-refractivity contribution is 5.68. The molecular weight excluding hydrogens is 372 g/mol. The lowest BCUT2D eigenvalue weighted by Gasteiger charge is -2.24.